The van der Waals surface area contributed by atoms with E-state index >= 15 is 0 Å². The van der Waals surface area contributed by atoms with Crippen LogP contribution in [0.4, 0.5) is 4.79 Å². The van der Waals surface area contributed by atoms with Gasteiger partial charge in [0.25, 0.3) is 0 Å². The summed E-state index contributed by atoms with van der Waals surface area (Å²) in [4.78, 5) is 11.9. The van der Waals surface area contributed by atoms with Crippen molar-refractivity contribution >= 4 is 6.03 Å². The van der Waals surface area contributed by atoms with E-state index in [4.69, 9.17) is 4.74 Å². The number of urea groups is 1. The molecule has 0 unspecified atom stereocenters. The van der Waals surface area contributed by atoms with Crippen LogP contribution in [0.3, 0.4) is 0 Å². The van der Waals surface area contributed by atoms with E-state index in [0.717, 1.165) is 18.6 Å². The minimum absolute atomic E-state index is 0.0440. The minimum Gasteiger partial charge on any atom is -0.491 e. The van der Waals surface area contributed by atoms with Crippen LogP contribution in [-0.4, -0.2) is 25.2 Å². The molecular formula is C19H30N2O2. The zero-order valence-corrected chi connectivity index (χ0v) is 14.7. The van der Waals surface area contributed by atoms with Gasteiger partial charge >= 0.3 is 6.03 Å². The number of hydrogen-bond donors (Lipinski definition) is 2. The van der Waals surface area contributed by atoms with Crippen LogP contribution in [0.25, 0.3) is 0 Å². The monoisotopic (exact) mass is 318 g/mol. The van der Waals surface area contributed by atoms with Gasteiger partial charge < -0.3 is 15.4 Å². The largest absolute Gasteiger partial charge is 0.491 e. The summed E-state index contributed by atoms with van der Waals surface area (Å²) >= 11 is 0. The molecule has 128 valence electrons. The van der Waals surface area contributed by atoms with E-state index < -0.39 is 0 Å². The van der Waals surface area contributed by atoms with Gasteiger partial charge in [-0.1, -0.05) is 58.2 Å². The fourth-order valence-corrected chi connectivity index (χ4v) is 3.02. The van der Waals surface area contributed by atoms with Gasteiger partial charge in [-0.15, -0.1) is 0 Å². The van der Waals surface area contributed by atoms with Crippen molar-refractivity contribution in [3.8, 4) is 5.75 Å². The van der Waals surface area contributed by atoms with Crippen LogP contribution in [0, 0.1) is 0 Å². The highest BCUT2D eigenvalue weighted by atomic mass is 16.5. The average Bonchev–Trinajstić information content (AvgIpc) is 2.52. The molecule has 4 nitrogen and oxygen atoms in total. The third kappa shape index (κ3) is 5.77. The Bertz CT molecular complexity index is 502. The van der Waals surface area contributed by atoms with Gasteiger partial charge in [0.05, 0.1) is 6.54 Å². The first-order valence-electron chi connectivity index (χ1n) is 8.73. The van der Waals surface area contributed by atoms with Crippen LogP contribution in [0.15, 0.2) is 24.3 Å². The molecule has 23 heavy (non-hydrogen) atoms. The number of hydrogen-bond acceptors (Lipinski definition) is 2. The van der Waals surface area contributed by atoms with Crippen LogP contribution in [0.2, 0.25) is 0 Å². The summed E-state index contributed by atoms with van der Waals surface area (Å²) in [6.07, 6.45) is 5.93. The molecule has 4 heteroatoms. The van der Waals surface area contributed by atoms with Gasteiger partial charge in [-0.25, -0.2) is 4.79 Å². The average molecular weight is 318 g/mol. The predicted molar refractivity (Wildman–Crippen MR) is 94.0 cm³/mol. The summed E-state index contributed by atoms with van der Waals surface area (Å²) in [6.45, 7) is 7.50. The van der Waals surface area contributed by atoms with Gasteiger partial charge in [0, 0.05) is 6.04 Å². The van der Waals surface area contributed by atoms with Crippen LogP contribution < -0.4 is 15.4 Å². The molecule has 1 aliphatic rings. The molecule has 1 fully saturated rings. The Kier molecular flexibility index (Phi) is 6.31. The Hall–Kier alpha value is -1.71. The minimum atomic E-state index is -0.0791. The number of para-hydroxylation sites is 1. The van der Waals surface area contributed by atoms with E-state index in [1.54, 1.807) is 0 Å². The van der Waals surface area contributed by atoms with Crippen molar-refractivity contribution in [3.05, 3.63) is 29.8 Å². The number of carbonyl (C=O) groups is 1. The van der Waals surface area contributed by atoms with E-state index in [1.165, 1.54) is 24.8 Å². The molecular weight excluding hydrogens is 288 g/mol. The van der Waals surface area contributed by atoms with Crippen molar-refractivity contribution in [2.75, 3.05) is 13.2 Å². The third-order valence-corrected chi connectivity index (χ3v) is 4.28. The first kappa shape index (κ1) is 17.6. The summed E-state index contributed by atoms with van der Waals surface area (Å²) in [5, 5.41) is 5.93. The lowest BCUT2D eigenvalue weighted by molar-refractivity contribution is 0.228. The Morgan fingerprint density at radius 1 is 1.17 bits per heavy atom. The zero-order valence-electron chi connectivity index (χ0n) is 14.7. The molecule has 0 radical (unpaired) electrons. The normalized spacial score (nSPS) is 16.0. The molecule has 0 spiro atoms. The number of rotatable bonds is 5. The van der Waals surface area contributed by atoms with E-state index in [1.807, 2.05) is 18.2 Å². The number of amides is 2. The zero-order chi connectivity index (χ0) is 16.7. The predicted octanol–water partition coefficient (Wildman–Crippen LogP) is 3.99. The highest BCUT2D eigenvalue weighted by Crippen LogP contribution is 2.30. The highest BCUT2D eigenvalue weighted by molar-refractivity contribution is 5.74. The van der Waals surface area contributed by atoms with E-state index in [9.17, 15) is 4.79 Å². The Balaban J connectivity index is 1.72. The maximum absolute atomic E-state index is 11.9. The van der Waals surface area contributed by atoms with E-state index in [2.05, 4.69) is 37.5 Å². The molecule has 2 N–H and O–H groups in total. The van der Waals surface area contributed by atoms with E-state index in [-0.39, 0.29) is 11.4 Å². The number of ether oxygens (including phenoxy) is 1. The van der Waals surface area contributed by atoms with Gasteiger partial charge in [-0.2, -0.15) is 0 Å². The topological polar surface area (TPSA) is 50.4 Å². The standard InChI is InChI=1S/C19H30N2O2/c1-19(2,3)16-11-7-8-12-17(16)23-14-13-20-18(22)21-15-9-5-4-6-10-15/h7-8,11-12,15H,4-6,9-10,13-14H2,1-3H3,(H2,20,21,22). The van der Waals surface area contributed by atoms with Crippen molar-refractivity contribution in [2.24, 2.45) is 0 Å². The number of carbonyl (C=O) groups excluding carboxylic acids is 1. The fraction of sp³-hybridized carbons (Fsp3) is 0.632. The molecule has 0 aromatic heterocycles. The Morgan fingerprint density at radius 2 is 1.87 bits per heavy atom. The van der Waals surface area contributed by atoms with Crippen molar-refractivity contribution in [1.82, 2.24) is 10.6 Å². The van der Waals surface area contributed by atoms with Gasteiger partial charge in [0.1, 0.15) is 12.4 Å². The molecule has 1 aromatic carbocycles. The van der Waals surface area contributed by atoms with Crippen molar-refractivity contribution in [1.29, 1.82) is 0 Å². The second-order valence-electron chi connectivity index (χ2n) is 7.33. The molecule has 0 saturated heterocycles. The lowest BCUT2D eigenvalue weighted by atomic mass is 9.86. The fourth-order valence-electron chi connectivity index (χ4n) is 3.02. The van der Waals surface area contributed by atoms with Gasteiger partial charge in [0.15, 0.2) is 0 Å². The Labute approximate surface area is 140 Å². The third-order valence-electron chi connectivity index (χ3n) is 4.28. The van der Waals surface area contributed by atoms with E-state index in [0.29, 0.717) is 19.2 Å². The number of benzene rings is 1. The smallest absolute Gasteiger partial charge is 0.315 e. The van der Waals surface area contributed by atoms with Crippen molar-refractivity contribution < 1.29 is 9.53 Å². The first-order valence-corrected chi connectivity index (χ1v) is 8.73. The van der Waals surface area contributed by atoms with Crippen molar-refractivity contribution in [2.45, 2.75) is 64.3 Å². The van der Waals surface area contributed by atoms with Crippen LogP contribution >= 0.6 is 0 Å². The van der Waals surface area contributed by atoms with Gasteiger partial charge in [-0.05, 0) is 29.9 Å². The summed E-state index contributed by atoms with van der Waals surface area (Å²) in [5.74, 6) is 0.898. The quantitative estimate of drug-likeness (QED) is 0.806. The summed E-state index contributed by atoms with van der Waals surface area (Å²) in [5.41, 5.74) is 1.23. The molecule has 1 aliphatic carbocycles. The van der Waals surface area contributed by atoms with Crippen LogP contribution in [-0.2, 0) is 5.41 Å². The second kappa shape index (κ2) is 8.23. The molecule has 1 aromatic rings. The highest BCUT2D eigenvalue weighted by Gasteiger charge is 2.18. The number of nitrogens with one attached hydrogen (secondary N) is 2. The summed E-state index contributed by atoms with van der Waals surface area (Å²) < 4.78 is 5.86. The van der Waals surface area contributed by atoms with Gasteiger partial charge in [-0.3, -0.25) is 0 Å². The molecule has 1 saturated carbocycles. The maximum Gasteiger partial charge on any atom is 0.315 e. The molecule has 0 atom stereocenters. The lowest BCUT2D eigenvalue weighted by Gasteiger charge is -2.23. The first-order chi connectivity index (χ1) is 11.0. The van der Waals surface area contributed by atoms with Crippen molar-refractivity contribution in [3.63, 3.8) is 0 Å². The molecule has 2 amide bonds. The lowest BCUT2D eigenvalue weighted by Crippen LogP contribution is -2.44. The van der Waals surface area contributed by atoms with Crippen LogP contribution in [0.1, 0.15) is 58.4 Å². The Morgan fingerprint density at radius 3 is 2.57 bits per heavy atom. The maximum atomic E-state index is 11.9. The van der Waals surface area contributed by atoms with Crippen LogP contribution in [0.5, 0.6) is 5.75 Å². The molecule has 0 heterocycles. The molecule has 2 rings (SSSR count). The summed E-state index contributed by atoms with van der Waals surface area (Å²) in [7, 11) is 0. The second-order valence-corrected chi connectivity index (χ2v) is 7.33. The molecule has 0 bridgehead atoms. The SMILES string of the molecule is CC(C)(C)c1ccccc1OCCNC(=O)NC1CCCCC1. The van der Waals surface area contributed by atoms with Gasteiger partial charge in [0.2, 0.25) is 0 Å². The summed E-state index contributed by atoms with van der Waals surface area (Å²) in [6, 6.07) is 8.36. The molecule has 0 aliphatic heterocycles.